The van der Waals surface area contributed by atoms with Gasteiger partial charge in [0.05, 0.1) is 11.3 Å². The van der Waals surface area contributed by atoms with Crippen LogP contribution in [0, 0.1) is 27.7 Å². The Bertz CT molecular complexity index is 1230. The van der Waals surface area contributed by atoms with Crippen molar-refractivity contribution in [1.82, 2.24) is 4.98 Å². The van der Waals surface area contributed by atoms with Gasteiger partial charge in [0.15, 0.2) is 6.61 Å². The number of rotatable bonds is 8. The Morgan fingerprint density at radius 2 is 1.44 bits per heavy atom. The molecule has 1 aromatic heterocycles. The number of esters is 1. The van der Waals surface area contributed by atoms with Gasteiger partial charge in [0, 0.05) is 17.6 Å². The zero-order valence-corrected chi connectivity index (χ0v) is 20.4. The number of ether oxygens (including phenoxy) is 1. The fourth-order valence-electron chi connectivity index (χ4n) is 3.28. The highest BCUT2D eigenvalue weighted by atomic mass is 32.2. The molecule has 0 saturated carbocycles. The number of hydrogen-bond acceptors (Lipinski definition) is 6. The summed E-state index contributed by atoms with van der Waals surface area (Å²) < 4.78 is 5.19. The standard InChI is InChI=1S/C26H27N3O4S/c1-16-7-9-21(18(3)12-16)28-23(30)14-33-26(32)20-6-5-11-27-25(20)34-15-24(31)29-22-10-8-17(2)13-19(22)4/h5-13H,14-15H2,1-4H3,(H,28,30)(H,29,31). The van der Waals surface area contributed by atoms with Crippen molar-refractivity contribution in [2.75, 3.05) is 23.0 Å². The second-order valence-corrected chi connectivity index (χ2v) is 8.92. The van der Waals surface area contributed by atoms with E-state index in [1.54, 1.807) is 12.1 Å². The van der Waals surface area contributed by atoms with Crippen LogP contribution in [0.2, 0.25) is 0 Å². The normalized spacial score (nSPS) is 10.5. The van der Waals surface area contributed by atoms with Crippen LogP contribution < -0.4 is 10.6 Å². The SMILES string of the molecule is Cc1ccc(NC(=O)COC(=O)c2cccnc2SCC(=O)Nc2ccc(C)cc2C)c(C)c1. The molecule has 0 unspecified atom stereocenters. The Morgan fingerprint density at radius 3 is 2.03 bits per heavy atom. The molecule has 8 heteroatoms. The van der Waals surface area contributed by atoms with Gasteiger partial charge in [-0.25, -0.2) is 9.78 Å². The molecule has 2 N–H and O–H groups in total. The molecule has 34 heavy (non-hydrogen) atoms. The van der Waals surface area contributed by atoms with E-state index in [2.05, 4.69) is 15.6 Å². The first-order chi connectivity index (χ1) is 16.2. The third-order valence-electron chi connectivity index (χ3n) is 4.98. The van der Waals surface area contributed by atoms with E-state index in [4.69, 9.17) is 4.74 Å². The van der Waals surface area contributed by atoms with Crippen LogP contribution in [0.4, 0.5) is 11.4 Å². The third-order valence-corrected chi connectivity index (χ3v) is 5.98. The van der Waals surface area contributed by atoms with E-state index in [0.29, 0.717) is 10.7 Å². The van der Waals surface area contributed by atoms with E-state index in [0.717, 1.165) is 39.7 Å². The summed E-state index contributed by atoms with van der Waals surface area (Å²) in [4.78, 5) is 41.5. The summed E-state index contributed by atoms with van der Waals surface area (Å²) in [6, 6.07) is 14.6. The van der Waals surface area contributed by atoms with Crippen molar-refractivity contribution in [2.45, 2.75) is 32.7 Å². The predicted molar refractivity (Wildman–Crippen MR) is 134 cm³/mol. The number of aromatic nitrogens is 1. The average Bonchev–Trinajstić information content (AvgIpc) is 2.80. The summed E-state index contributed by atoms with van der Waals surface area (Å²) in [7, 11) is 0. The molecule has 7 nitrogen and oxygen atoms in total. The zero-order valence-electron chi connectivity index (χ0n) is 19.6. The molecule has 176 valence electrons. The van der Waals surface area contributed by atoms with Crippen LogP contribution in [-0.2, 0) is 14.3 Å². The van der Waals surface area contributed by atoms with E-state index in [9.17, 15) is 14.4 Å². The minimum absolute atomic E-state index is 0.0673. The van der Waals surface area contributed by atoms with E-state index in [-0.39, 0.29) is 17.2 Å². The Labute approximate surface area is 203 Å². The summed E-state index contributed by atoms with van der Waals surface area (Å²) in [5.74, 6) is -1.26. The summed E-state index contributed by atoms with van der Waals surface area (Å²) in [6.45, 7) is 7.35. The maximum atomic E-state index is 12.6. The van der Waals surface area contributed by atoms with Crippen molar-refractivity contribution in [1.29, 1.82) is 0 Å². The summed E-state index contributed by atoms with van der Waals surface area (Å²) in [6.07, 6.45) is 1.54. The molecule has 0 aliphatic carbocycles. The van der Waals surface area contributed by atoms with Crippen LogP contribution in [0.5, 0.6) is 0 Å². The number of benzene rings is 2. The first kappa shape index (κ1) is 25.0. The lowest BCUT2D eigenvalue weighted by atomic mass is 10.1. The molecule has 3 aromatic rings. The number of carbonyl (C=O) groups is 3. The molecule has 0 aliphatic rings. The Hall–Kier alpha value is -3.65. The number of nitrogens with zero attached hydrogens (tertiary/aromatic N) is 1. The van der Waals surface area contributed by atoms with Gasteiger partial charge >= 0.3 is 5.97 Å². The van der Waals surface area contributed by atoms with Gasteiger partial charge in [-0.2, -0.15) is 0 Å². The highest BCUT2D eigenvalue weighted by molar-refractivity contribution is 8.00. The minimum Gasteiger partial charge on any atom is -0.452 e. The van der Waals surface area contributed by atoms with Crippen molar-refractivity contribution in [3.05, 3.63) is 82.5 Å². The number of nitrogens with one attached hydrogen (secondary N) is 2. The van der Waals surface area contributed by atoms with E-state index < -0.39 is 18.5 Å². The fraction of sp³-hybridized carbons (Fsp3) is 0.231. The lowest BCUT2D eigenvalue weighted by Gasteiger charge is -2.11. The smallest absolute Gasteiger partial charge is 0.341 e. The highest BCUT2D eigenvalue weighted by Crippen LogP contribution is 2.22. The largest absolute Gasteiger partial charge is 0.452 e. The first-order valence-electron chi connectivity index (χ1n) is 10.7. The van der Waals surface area contributed by atoms with Crippen molar-refractivity contribution >= 4 is 40.9 Å². The third kappa shape index (κ3) is 6.92. The molecule has 2 amide bonds. The number of aryl methyl sites for hydroxylation is 4. The fourth-order valence-corrected chi connectivity index (χ4v) is 4.07. The van der Waals surface area contributed by atoms with E-state index in [1.807, 2.05) is 64.1 Å². The summed E-state index contributed by atoms with van der Waals surface area (Å²) in [5.41, 5.74) is 5.71. The number of anilines is 2. The van der Waals surface area contributed by atoms with Gasteiger partial charge in [0.1, 0.15) is 5.03 Å². The van der Waals surface area contributed by atoms with Crippen LogP contribution in [0.3, 0.4) is 0 Å². The van der Waals surface area contributed by atoms with Crippen LogP contribution in [0.25, 0.3) is 0 Å². The summed E-state index contributed by atoms with van der Waals surface area (Å²) in [5, 5.41) is 5.97. The van der Waals surface area contributed by atoms with Crippen molar-refractivity contribution in [2.24, 2.45) is 0 Å². The van der Waals surface area contributed by atoms with E-state index >= 15 is 0 Å². The molecular formula is C26H27N3O4S. The molecule has 0 radical (unpaired) electrons. The quantitative estimate of drug-likeness (QED) is 0.356. The van der Waals surface area contributed by atoms with Crippen LogP contribution in [-0.4, -0.2) is 35.1 Å². The van der Waals surface area contributed by atoms with Gasteiger partial charge in [0.2, 0.25) is 5.91 Å². The zero-order chi connectivity index (χ0) is 24.7. The van der Waals surface area contributed by atoms with Gasteiger partial charge in [-0.1, -0.05) is 47.2 Å². The van der Waals surface area contributed by atoms with Gasteiger partial charge in [-0.3, -0.25) is 9.59 Å². The van der Waals surface area contributed by atoms with Crippen molar-refractivity contribution in [3.8, 4) is 0 Å². The number of thioether (sulfide) groups is 1. The van der Waals surface area contributed by atoms with Crippen LogP contribution in [0.1, 0.15) is 32.6 Å². The Kier molecular flexibility index (Phi) is 8.43. The maximum absolute atomic E-state index is 12.6. The molecule has 0 fully saturated rings. The maximum Gasteiger partial charge on any atom is 0.341 e. The average molecular weight is 478 g/mol. The molecule has 3 rings (SSSR count). The van der Waals surface area contributed by atoms with Crippen molar-refractivity contribution < 1.29 is 19.1 Å². The molecular weight excluding hydrogens is 450 g/mol. The van der Waals surface area contributed by atoms with Crippen LogP contribution >= 0.6 is 11.8 Å². The van der Waals surface area contributed by atoms with Crippen LogP contribution in [0.15, 0.2) is 59.8 Å². The second kappa shape index (κ2) is 11.5. The van der Waals surface area contributed by atoms with Gasteiger partial charge in [-0.05, 0) is 63.1 Å². The van der Waals surface area contributed by atoms with Gasteiger partial charge < -0.3 is 15.4 Å². The molecule has 0 bridgehead atoms. The number of hydrogen-bond donors (Lipinski definition) is 2. The lowest BCUT2D eigenvalue weighted by Crippen LogP contribution is -2.22. The molecule has 2 aromatic carbocycles. The number of carbonyl (C=O) groups excluding carboxylic acids is 3. The Balaban J connectivity index is 1.55. The minimum atomic E-state index is -0.679. The van der Waals surface area contributed by atoms with Gasteiger partial charge in [-0.15, -0.1) is 0 Å². The first-order valence-corrected chi connectivity index (χ1v) is 11.7. The summed E-state index contributed by atoms with van der Waals surface area (Å²) >= 11 is 1.13. The predicted octanol–water partition coefficient (Wildman–Crippen LogP) is 4.84. The monoisotopic (exact) mass is 477 g/mol. The molecule has 0 saturated heterocycles. The Morgan fingerprint density at radius 1 is 0.853 bits per heavy atom. The van der Waals surface area contributed by atoms with Crippen molar-refractivity contribution in [3.63, 3.8) is 0 Å². The molecule has 1 heterocycles. The molecule has 0 atom stereocenters. The van der Waals surface area contributed by atoms with E-state index in [1.165, 1.54) is 6.20 Å². The molecule has 0 aliphatic heterocycles. The topological polar surface area (TPSA) is 97.4 Å². The molecule has 0 spiro atoms. The number of pyridine rings is 1. The number of amides is 2. The lowest BCUT2D eigenvalue weighted by molar-refractivity contribution is -0.119. The highest BCUT2D eigenvalue weighted by Gasteiger charge is 2.17. The second-order valence-electron chi connectivity index (χ2n) is 7.95. The van der Waals surface area contributed by atoms with Gasteiger partial charge in [0.25, 0.3) is 5.91 Å².